The Hall–Kier alpha value is -2.09. The summed E-state index contributed by atoms with van der Waals surface area (Å²) in [4.78, 5) is 14.6. The van der Waals surface area contributed by atoms with Crippen LogP contribution in [0.5, 0.6) is 0 Å². The molecule has 2 rings (SSSR count). The van der Waals surface area contributed by atoms with Gasteiger partial charge in [0.25, 0.3) is 0 Å². The Labute approximate surface area is 168 Å². The number of hydrogen-bond donors (Lipinski definition) is 0. The molecule has 11 heteroatoms. The minimum absolute atomic E-state index is 0.0153. The van der Waals surface area contributed by atoms with Crippen LogP contribution in [0.2, 0.25) is 0 Å². The molecule has 0 spiro atoms. The van der Waals surface area contributed by atoms with E-state index in [0.717, 1.165) is 28.5 Å². The van der Waals surface area contributed by atoms with Crippen LogP contribution in [0.1, 0.15) is 24.0 Å². The number of amides is 1. The lowest BCUT2D eigenvalue weighted by Crippen LogP contribution is -2.39. The van der Waals surface area contributed by atoms with Gasteiger partial charge in [-0.3, -0.25) is 4.79 Å². The first-order chi connectivity index (χ1) is 13.5. The number of rotatable bonds is 6. The maximum absolute atomic E-state index is 13.1. The van der Waals surface area contributed by atoms with E-state index in [0.29, 0.717) is 19.2 Å². The number of carbonyl (C=O) groups excluding carboxylic acids is 1. The molecule has 1 aliphatic rings. The number of thioether (sulfide) groups is 1. The Morgan fingerprint density at radius 3 is 2.38 bits per heavy atom. The third-order valence-electron chi connectivity index (χ3n) is 4.35. The molecule has 1 aromatic carbocycles. The normalized spacial score (nSPS) is 15.1. The molecule has 4 nitrogen and oxygen atoms in total. The fourth-order valence-electron chi connectivity index (χ4n) is 2.97. The second-order valence-electron chi connectivity index (χ2n) is 6.47. The lowest BCUT2D eigenvalue weighted by molar-refractivity contribution is -0.137. The summed E-state index contributed by atoms with van der Waals surface area (Å²) in [6, 6.07) is 3.87. The van der Waals surface area contributed by atoms with Crippen molar-refractivity contribution in [2.75, 3.05) is 42.6 Å². The molecular formula is C18H19F6N3OS. The molecule has 1 amide bonds. The predicted molar refractivity (Wildman–Crippen MR) is 97.6 cm³/mol. The van der Waals surface area contributed by atoms with Crippen LogP contribution in [0.4, 0.5) is 32.0 Å². The van der Waals surface area contributed by atoms with Gasteiger partial charge in [0.1, 0.15) is 6.54 Å². The van der Waals surface area contributed by atoms with Crippen molar-refractivity contribution < 1.29 is 31.1 Å². The van der Waals surface area contributed by atoms with Gasteiger partial charge in [-0.2, -0.15) is 43.4 Å². The molecule has 1 heterocycles. The highest BCUT2D eigenvalue weighted by atomic mass is 32.2. The average Bonchev–Trinajstić information content (AvgIpc) is 2.65. The standard InChI is InChI=1S/C18H19F6N3OS/c19-17(20,21)12-27(5-1-2-16(28)26-6-8-29-9-7-26)14-4-3-13(11-25)15(10-14)18(22,23)24/h3-4,10H,1-2,5-9,12H2. The Bertz CT molecular complexity index is 753. The van der Waals surface area contributed by atoms with E-state index < -0.39 is 30.0 Å². The third kappa shape index (κ3) is 7.03. The van der Waals surface area contributed by atoms with Crippen molar-refractivity contribution in [2.24, 2.45) is 0 Å². The zero-order chi connectivity index (χ0) is 21.7. The molecule has 1 aliphatic heterocycles. The fraction of sp³-hybridized carbons (Fsp3) is 0.556. The number of benzene rings is 1. The van der Waals surface area contributed by atoms with Gasteiger partial charge in [-0.15, -0.1) is 0 Å². The summed E-state index contributed by atoms with van der Waals surface area (Å²) in [5, 5.41) is 8.84. The number of nitriles is 1. The maximum Gasteiger partial charge on any atom is 0.417 e. The first kappa shape index (κ1) is 23.2. The second-order valence-corrected chi connectivity index (χ2v) is 7.70. The van der Waals surface area contributed by atoms with Crippen LogP contribution in [-0.4, -0.2) is 54.7 Å². The summed E-state index contributed by atoms with van der Waals surface area (Å²) in [5.74, 6) is 1.43. The summed E-state index contributed by atoms with van der Waals surface area (Å²) in [6.07, 6.45) is -9.42. The highest BCUT2D eigenvalue weighted by molar-refractivity contribution is 7.99. The number of carbonyl (C=O) groups is 1. The number of anilines is 1. The molecule has 0 atom stereocenters. The highest BCUT2D eigenvalue weighted by Crippen LogP contribution is 2.35. The Balaban J connectivity index is 2.14. The minimum Gasteiger partial charge on any atom is -0.363 e. The van der Waals surface area contributed by atoms with E-state index in [1.54, 1.807) is 16.7 Å². The topological polar surface area (TPSA) is 47.3 Å². The van der Waals surface area contributed by atoms with E-state index in [2.05, 4.69) is 0 Å². The van der Waals surface area contributed by atoms with Crippen molar-refractivity contribution >= 4 is 23.4 Å². The molecule has 0 N–H and O–H groups in total. The van der Waals surface area contributed by atoms with Gasteiger partial charge in [0.2, 0.25) is 5.91 Å². The molecular weight excluding hydrogens is 420 g/mol. The van der Waals surface area contributed by atoms with Gasteiger partial charge in [-0.25, -0.2) is 0 Å². The molecule has 0 unspecified atom stereocenters. The van der Waals surface area contributed by atoms with E-state index in [9.17, 15) is 31.1 Å². The van der Waals surface area contributed by atoms with Gasteiger partial charge in [0.05, 0.1) is 17.2 Å². The molecule has 0 saturated carbocycles. The molecule has 0 aliphatic carbocycles. The Morgan fingerprint density at radius 1 is 1.17 bits per heavy atom. The molecule has 0 aromatic heterocycles. The molecule has 1 aromatic rings. The number of nitrogens with zero attached hydrogens (tertiary/aromatic N) is 3. The minimum atomic E-state index is -4.87. The quantitative estimate of drug-likeness (QED) is 0.620. The van der Waals surface area contributed by atoms with Crippen LogP contribution in [0.15, 0.2) is 18.2 Å². The van der Waals surface area contributed by atoms with E-state index in [4.69, 9.17) is 5.26 Å². The van der Waals surface area contributed by atoms with Crippen LogP contribution in [0, 0.1) is 11.3 Å². The summed E-state index contributed by atoms with van der Waals surface area (Å²) in [6.45, 7) is -0.525. The van der Waals surface area contributed by atoms with Crippen molar-refractivity contribution in [3.63, 3.8) is 0 Å². The lowest BCUT2D eigenvalue weighted by Gasteiger charge is -2.29. The number of hydrogen-bond acceptors (Lipinski definition) is 4. The van der Waals surface area contributed by atoms with Crippen LogP contribution >= 0.6 is 11.8 Å². The maximum atomic E-state index is 13.1. The largest absolute Gasteiger partial charge is 0.417 e. The Kier molecular flexibility index (Phi) is 7.68. The van der Waals surface area contributed by atoms with E-state index >= 15 is 0 Å². The van der Waals surface area contributed by atoms with Crippen LogP contribution in [0.25, 0.3) is 0 Å². The summed E-state index contributed by atoms with van der Waals surface area (Å²) < 4.78 is 78.3. The molecule has 0 bridgehead atoms. The van der Waals surface area contributed by atoms with Gasteiger partial charge >= 0.3 is 12.4 Å². The first-order valence-electron chi connectivity index (χ1n) is 8.80. The van der Waals surface area contributed by atoms with Crippen molar-refractivity contribution in [2.45, 2.75) is 25.2 Å². The Morgan fingerprint density at radius 2 is 1.83 bits per heavy atom. The monoisotopic (exact) mass is 439 g/mol. The van der Waals surface area contributed by atoms with E-state index in [1.165, 1.54) is 6.07 Å². The summed E-state index contributed by atoms with van der Waals surface area (Å²) >= 11 is 1.71. The molecule has 29 heavy (non-hydrogen) atoms. The van der Waals surface area contributed by atoms with Gasteiger partial charge < -0.3 is 9.80 Å². The van der Waals surface area contributed by atoms with Crippen molar-refractivity contribution in [3.8, 4) is 6.07 Å². The average molecular weight is 439 g/mol. The van der Waals surface area contributed by atoms with E-state index in [-0.39, 0.29) is 31.0 Å². The third-order valence-corrected chi connectivity index (χ3v) is 5.29. The van der Waals surface area contributed by atoms with Gasteiger partial charge in [-0.1, -0.05) is 0 Å². The van der Waals surface area contributed by atoms with E-state index in [1.807, 2.05) is 0 Å². The van der Waals surface area contributed by atoms with Gasteiger partial charge in [0, 0.05) is 43.2 Å². The van der Waals surface area contributed by atoms with Crippen molar-refractivity contribution in [3.05, 3.63) is 29.3 Å². The SMILES string of the molecule is N#Cc1ccc(N(CCCC(=O)N2CCSCC2)CC(F)(F)F)cc1C(F)(F)F. The van der Waals surface area contributed by atoms with Crippen molar-refractivity contribution in [1.82, 2.24) is 4.90 Å². The summed E-state index contributed by atoms with van der Waals surface area (Å²) in [5.41, 5.74) is -2.24. The fourth-order valence-corrected chi connectivity index (χ4v) is 3.87. The molecule has 1 saturated heterocycles. The van der Waals surface area contributed by atoms with Gasteiger partial charge in [-0.05, 0) is 24.6 Å². The van der Waals surface area contributed by atoms with Crippen LogP contribution in [-0.2, 0) is 11.0 Å². The summed E-state index contributed by atoms with van der Waals surface area (Å²) in [7, 11) is 0. The van der Waals surface area contributed by atoms with Gasteiger partial charge in [0.15, 0.2) is 0 Å². The molecule has 0 radical (unpaired) electrons. The first-order valence-corrected chi connectivity index (χ1v) is 9.95. The zero-order valence-corrected chi connectivity index (χ0v) is 16.1. The lowest BCUT2D eigenvalue weighted by atomic mass is 10.1. The van der Waals surface area contributed by atoms with Crippen molar-refractivity contribution in [1.29, 1.82) is 5.26 Å². The highest BCUT2D eigenvalue weighted by Gasteiger charge is 2.36. The number of halogens is 6. The predicted octanol–water partition coefficient (Wildman–Crippen LogP) is 4.30. The smallest absolute Gasteiger partial charge is 0.363 e. The van der Waals surface area contributed by atoms with Crippen LogP contribution in [0.3, 0.4) is 0 Å². The second kappa shape index (κ2) is 9.61. The van der Waals surface area contributed by atoms with Crippen LogP contribution < -0.4 is 4.90 Å². The molecule has 1 fully saturated rings. The zero-order valence-electron chi connectivity index (χ0n) is 15.3. The molecule has 160 valence electrons. The number of alkyl halides is 6.